The third-order valence-electron chi connectivity index (χ3n) is 3.13. The van der Waals surface area contributed by atoms with Gasteiger partial charge in [0.25, 0.3) is 11.8 Å². The van der Waals surface area contributed by atoms with Crippen LogP contribution < -0.4 is 0 Å². The van der Waals surface area contributed by atoms with E-state index in [0.717, 1.165) is 25.7 Å². The van der Waals surface area contributed by atoms with Crippen molar-refractivity contribution in [2.45, 2.75) is 44.8 Å². The second-order valence-electron chi connectivity index (χ2n) is 4.29. The first-order chi connectivity index (χ1) is 7.74. The zero-order valence-corrected chi connectivity index (χ0v) is 9.52. The van der Waals surface area contributed by atoms with Gasteiger partial charge in [0.1, 0.15) is 0 Å². The van der Waals surface area contributed by atoms with Crippen LogP contribution in [-0.4, -0.2) is 35.5 Å². The maximum Gasteiger partial charge on any atom is 0.253 e. The molecule has 0 spiro atoms. The van der Waals surface area contributed by atoms with Crippen molar-refractivity contribution >= 4 is 11.8 Å². The second-order valence-corrected chi connectivity index (χ2v) is 4.29. The van der Waals surface area contributed by atoms with Crippen LogP contribution in [0, 0.1) is 0 Å². The summed E-state index contributed by atoms with van der Waals surface area (Å²) in [5, 5.41) is 0. The van der Waals surface area contributed by atoms with E-state index >= 15 is 0 Å². The fraction of sp³-hybridized carbons (Fsp3) is 0.667. The van der Waals surface area contributed by atoms with Crippen LogP contribution in [0.5, 0.6) is 0 Å². The van der Waals surface area contributed by atoms with Gasteiger partial charge < -0.3 is 4.74 Å². The lowest BCUT2D eigenvalue weighted by Gasteiger charge is -2.27. The van der Waals surface area contributed by atoms with Crippen molar-refractivity contribution in [1.29, 1.82) is 0 Å². The van der Waals surface area contributed by atoms with E-state index in [9.17, 15) is 9.59 Å². The third-order valence-corrected chi connectivity index (χ3v) is 3.13. The zero-order valence-electron chi connectivity index (χ0n) is 9.52. The second kappa shape index (κ2) is 4.78. The summed E-state index contributed by atoms with van der Waals surface area (Å²) in [6, 6.07) is -0.0541. The highest BCUT2D eigenvalue weighted by atomic mass is 16.5. The van der Waals surface area contributed by atoms with E-state index in [4.69, 9.17) is 4.74 Å². The Morgan fingerprint density at radius 2 is 2.00 bits per heavy atom. The number of amides is 2. The largest absolute Gasteiger partial charge is 0.376 e. The molecule has 4 heteroatoms. The van der Waals surface area contributed by atoms with E-state index in [1.807, 2.05) is 0 Å². The van der Waals surface area contributed by atoms with Crippen LogP contribution in [0.2, 0.25) is 0 Å². The van der Waals surface area contributed by atoms with E-state index in [0.29, 0.717) is 6.61 Å². The molecule has 0 saturated heterocycles. The van der Waals surface area contributed by atoms with E-state index in [1.165, 1.54) is 17.1 Å². The molecule has 0 bridgehead atoms. The van der Waals surface area contributed by atoms with Crippen LogP contribution in [0.15, 0.2) is 12.2 Å². The summed E-state index contributed by atoms with van der Waals surface area (Å²) < 4.78 is 5.70. The fourth-order valence-electron chi connectivity index (χ4n) is 2.40. The van der Waals surface area contributed by atoms with E-state index in [1.54, 1.807) is 0 Å². The summed E-state index contributed by atoms with van der Waals surface area (Å²) in [7, 11) is 0. The monoisotopic (exact) mass is 223 g/mol. The highest BCUT2D eigenvalue weighted by Gasteiger charge is 2.39. The average molecular weight is 223 g/mol. The first-order valence-electron chi connectivity index (χ1n) is 5.91. The van der Waals surface area contributed by atoms with Gasteiger partial charge in [-0.1, -0.05) is 6.92 Å². The summed E-state index contributed by atoms with van der Waals surface area (Å²) in [5.41, 5.74) is 0. The number of hydrogen-bond donors (Lipinski definition) is 0. The Hall–Kier alpha value is -1.16. The number of rotatable bonds is 4. The molecule has 88 valence electrons. The minimum Gasteiger partial charge on any atom is -0.376 e. The summed E-state index contributed by atoms with van der Waals surface area (Å²) >= 11 is 0. The van der Waals surface area contributed by atoms with Crippen LogP contribution in [0.3, 0.4) is 0 Å². The molecule has 2 atom stereocenters. The van der Waals surface area contributed by atoms with Gasteiger partial charge in [-0.25, -0.2) is 0 Å². The molecule has 0 N–H and O–H groups in total. The molecule has 2 amide bonds. The molecule has 1 saturated carbocycles. The lowest BCUT2D eigenvalue weighted by molar-refractivity contribution is -0.142. The van der Waals surface area contributed by atoms with Crippen LogP contribution in [-0.2, 0) is 14.3 Å². The van der Waals surface area contributed by atoms with Crippen molar-refractivity contribution in [3.8, 4) is 0 Å². The topological polar surface area (TPSA) is 46.6 Å². The summed E-state index contributed by atoms with van der Waals surface area (Å²) in [6.07, 6.45) is 6.52. The average Bonchev–Trinajstić information content (AvgIpc) is 2.83. The quantitative estimate of drug-likeness (QED) is 0.674. The van der Waals surface area contributed by atoms with Gasteiger partial charge in [-0.15, -0.1) is 0 Å². The molecule has 0 aromatic heterocycles. The number of carbonyl (C=O) groups excluding carboxylic acids is 2. The smallest absolute Gasteiger partial charge is 0.253 e. The Morgan fingerprint density at radius 1 is 1.31 bits per heavy atom. The Morgan fingerprint density at radius 3 is 2.62 bits per heavy atom. The highest BCUT2D eigenvalue weighted by Crippen LogP contribution is 2.28. The van der Waals surface area contributed by atoms with Crippen LogP contribution in [0.4, 0.5) is 0 Å². The molecule has 2 rings (SSSR count). The molecular weight excluding hydrogens is 206 g/mol. The van der Waals surface area contributed by atoms with Crippen molar-refractivity contribution in [2.24, 2.45) is 0 Å². The predicted octanol–water partition coefficient (Wildman–Crippen LogP) is 1.26. The lowest BCUT2D eigenvalue weighted by atomic mass is 10.2. The van der Waals surface area contributed by atoms with Gasteiger partial charge in [-0.05, 0) is 25.7 Å². The van der Waals surface area contributed by atoms with Crippen LogP contribution in [0.25, 0.3) is 0 Å². The Kier molecular flexibility index (Phi) is 3.39. The molecule has 0 aromatic carbocycles. The van der Waals surface area contributed by atoms with Crippen LogP contribution in [0.1, 0.15) is 32.6 Å². The van der Waals surface area contributed by atoms with Gasteiger partial charge in [0.15, 0.2) is 0 Å². The highest BCUT2D eigenvalue weighted by molar-refractivity contribution is 6.13. The molecule has 4 nitrogen and oxygen atoms in total. The SMILES string of the molecule is CCCO[C@H]1CCC[C@@H]1N1C(=O)C=CC1=O. The van der Waals surface area contributed by atoms with Gasteiger partial charge >= 0.3 is 0 Å². The van der Waals surface area contributed by atoms with E-state index in [-0.39, 0.29) is 24.0 Å². The molecule has 0 unspecified atom stereocenters. The van der Waals surface area contributed by atoms with Gasteiger partial charge in [-0.3, -0.25) is 14.5 Å². The fourth-order valence-corrected chi connectivity index (χ4v) is 2.40. The third kappa shape index (κ3) is 2.02. The normalized spacial score (nSPS) is 29.4. The maximum absolute atomic E-state index is 11.6. The summed E-state index contributed by atoms with van der Waals surface area (Å²) in [4.78, 5) is 24.5. The molecule has 2 aliphatic rings. The number of ether oxygens (including phenoxy) is 1. The van der Waals surface area contributed by atoms with E-state index < -0.39 is 0 Å². The van der Waals surface area contributed by atoms with Gasteiger partial charge in [0.05, 0.1) is 12.1 Å². The maximum atomic E-state index is 11.6. The molecule has 1 fully saturated rings. The molecule has 16 heavy (non-hydrogen) atoms. The van der Waals surface area contributed by atoms with Gasteiger partial charge in [0, 0.05) is 18.8 Å². The Labute approximate surface area is 95.2 Å². The first-order valence-corrected chi connectivity index (χ1v) is 5.91. The number of imide groups is 1. The minimum atomic E-state index is -0.193. The Bertz CT molecular complexity index is 306. The number of carbonyl (C=O) groups is 2. The van der Waals surface area contributed by atoms with Gasteiger partial charge in [0.2, 0.25) is 0 Å². The van der Waals surface area contributed by atoms with Crippen molar-refractivity contribution in [2.75, 3.05) is 6.61 Å². The van der Waals surface area contributed by atoms with Crippen molar-refractivity contribution < 1.29 is 14.3 Å². The molecule has 1 heterocycles. The summed E-state index contributed by atoms with van der Waals surface area (Å²) in [5.74, 6) is -0.385. The van der Waals surface area contributed by atoms with Gasteiger partial charge in [-0.2, -0.15) is 0 Å². The van der Waals surface area contributed by atoms with Crippen LogP contribution >= 0.6 is 0 Å². The molecule has 1 aliphatic carbocycles. The number of nitrogens with zero attached hydrogens (tertiary/aromatic N) is 1. The zero-order chi connectivity index (χ0) is 11.5. The molecule has 0 radical (unpaired) electrons. The summed E-state index contributed by atoms with van der Waals surface area (Å²) in [6.45, 7) is 2.75. The minimum absolute atomic E-state index is 0.0350. The molecular formula is C12H17NO3. The van der Waals surface area contributed by atoms with Crippen molar-refractivity contribution in [3.63, 3.8) is 0 Å². The standard InChI is InChI=1S/C12H17NO3/c1-2-8-16-10-5-3-4-9(10)13-11(14)6-7-12(13)15/h6-7,9-10H,2-5,8H2,1H3/t9-,10-/m0/s1. The van der Waals surface area contributed by atoms with Crippen molar-refractivity contribution in [3.05, 3.63) is 12.2 Å². The van der Waals surface area contributed by atoms with Crippen molar-refractivity contribution in [1.82, 2.24) is 4.90 Å². The van der Waals surface area contributed by atoms with E-state index in [2.05, 4.69) is 6.92 Å². The molecule has 1 aliphatic heterocycles. The lowest BCUT2D eigenvalue weighted by Crippen LogP contribution is -2.45. The Balaban J connectivity index is 2.02. The first kappa shape index (κ1) is 11.3. The number of hydrogen-bond acceptors (Lipinski definition) is 3. The predicted molar refractivity (Wildman–Crippen MR) is 58.7 cm³/mol. The molecule has 0 aromatic rings.